The van der Waals surface area contributed by atoms with Gasteiger partial charge in [0.2, 0.25) is 0 Å². The molecule has 1 fully saturated rings. The molecule has 0 atom stereocenters. The van der Waals surface area contributed by atoms with Gasteiger partial charge < -0.3 is 15.5 Å². The largest absolute Gasteiger partial charge is 0.394 e. The van der Waals surface area contributed by atoms with Gasteiger partial charge in [0.15, 0.2) is 0 Å². The third-order valence-electron chi connectivity index (χ3n) is 4.44. The second-order valence-corrected chi connectivity index (χ2v) is 5.87. The van der Waals surface area contributed by atoms with Gasteiger partial charge in [0.25, 0.3) is 0 Å². The van der Waals surface area contributed by atoms with Crippen LogP contribution in [0.4, 0.5) is 0 Å². The molecule has 0 unspecified atom stereocenters. The third-order valence-corrected chi connectivity index (χ3v) is 4.44. The highest BCUT2D eigenvalue weighted by atomic mass is 16.3. The van der Waals surface area contributed by atoms with Crippen LogP contribution in [0.25, 0.3) is 0 Å². The van der Waals surface area contributed by atoms with Gasteiger partial charge in [0.05, 0.1) is 18.8 Å². The molecular formula is C16H25NO2. The first-order chi connectivity index (χ1) is 9.12. The number of aryl methyl sites for hydroxylation is 1. The number of hydrogen-bond acceptors (Lipinski definition) is 3. The van der Waals surface area contributed by atoms with E-state index < -0.39 is 5.54 Å². The van der Waals surface area contributed by atoms with E-state index in [1.807, 2.05) is 6.92 Å². The van der Waals surface area contributed by atoms with E-state index in [-0.39, 0.29) is 13.2 Å². The van der Waals surface area contributed by atoms with Crippen LogP contribution in [-0.4, -0.2) is 35.0 Å². The van der Waals surface area contributed by atoms with Gasteiger partial charge in [-0.25, -0.2) is 0 Å². The maximum Gasteiger partial charge on any atom is 0.0647 e. The molecule has 0 spiro atoms. The molecule has 0 bridgehead atoms. The van der Waals surface area contributed by atoms with Crippen molar-refractivity contribution in [3.63, 3.8) is 0 Å². The van der Waals surface area contributed by atoms with Crippen molar-refractivity contribution in [2.24, 2.45) is 0 Å². The minimum Gasteiger partial charge on any atom is -0.394 e. The van der Waals surface area contributed by atoms with Gasteiger partial charge >= 0.3 is 0 Å². The van der Waals surface area contributed by atoms with Gasteiger partial charge in [-0.1, -0.05) is 36.8 Å². The van der Waals surface area contributed by atoms with Gasteiger partial charge in [0.1, 0.15) is 0 Å². The molecule has 0 radical (unpaired) electrons. The average Bonchev–Trinajstić information content (AvgIpc) is 2.39. The van der Waals surface area contributed by atoms with Crippen molar-refractivity contribution >= 4 is 0 Å². The number of nitrogens with one attached hydrogen (secondary N) is 1. The molecule has 3 heteroatoms. The average molecular weight is 263 g/mol. The van der Waals surface area contributed by atoms with Crippen LogP contribution in [0.3, 0.4) is 0 Å². The van der Waals surface area contributed by atoms with E-state index in [1.165, 1.54) is 11.1 Å². The van der Waals surface area contributed by atoms with Crippen molar-refractivity contribution in [3.8, 4) is 0 Å². The second-order valence-electron chi connectivity index (χ2n) is 5.87. The Kier molecular flexibility index (Phi) is 4.61. The van der Waals surface area contributed by atoms with Crippen LogP contribution in [0.15, 0.2) is 24.3 Å². The molecule has 0 saturated heterocycles. The van der Waals surface area contributed by atoms with Gasteiger partial charge in [0, 0.05) is 6.04 Å². The van der Waals surface area contributed by atoms with E-state index in [0.717, 1.165) is 19.3 Å². The van der Waals surface area contributed by atoms with E-state index in [9.17, 15) is 10.2 Å². The molecule has 3 nitrogen and oxygen atoms in total. The van der Waals surface area contributed by atoms with Gasteiger partial charge in [-0.15, -0.1) is 0 Å². The standard InChI is InChI=1S/C16H25NO2/c1-3-16(10-18,11-19)17-15-8-14(9-15)13-6-4-5-12(2)7-13/h4-7,14-15,17-19H,3,8-11H2,1-2H3. The number of benzene rings is 1. The fourth-order valence-corrected chi connectivity index (χ4v) is 2.83. The van der Waals surface area contributed by atoms with Crippen LogP contribution >= 0.6 is 0 Å². The summed E-state index contributed by atoms with van der Waals surface area (Å²) >= 11 is 0. The fourth-order valence-electron chi connectivity index (χ4n) is 2.83. The summed E-state index contributed by atoms with van der Waals surface area (Å²) in [5, 5.41) is 22.3. The van der Waals surface area contributed by atoms with E-state index >= 15 is 0 Å². The summed E-state index contributed by atoms with van der Waals surface area (Å²) in [7, 11) is 0. The molecule has 0 aliphatic heterocycles. The second kappa shape index (κ2) is 6.04. The minimum absolute atomic E-state index is 0.00832. The lowest BCUT2D eigenvalue weighted by atomic mass is 9.74. The number of hydrogen-bond donors (Lipinski definition) is 3. The predicted molar refractivity (Wildman–Crippen MR) is 77.3 cm³/mol. The zero-order valence-corrected chi connectivity index (χ0v) is 11.9. The third kappa shape index (κ3) is 3.16. The maximum atomic E-state index is 9.44. The van der Waals surface area contributed by atoms with E-state index in [1.54, 1.807) is 0 Å². The van der Waals surface area contributed by atoms with Crippen molar-refractivity contribution < 1.29 is 10.2 Å². The van der Waals surface area contributed by atoms with E-state index in [0.29, 0.717) is 12.0 Å². The van der Waals surface area contributed by atoms with Gasteiger partial charge in [-0.2, -0.15) is 0 Å². The van der Waals surface area contributed by atoms with Crippen molar-refractivity contribution in [2.45, 2.75) is 50.6 Å². The van der Waals surface area contributed by atoms with Crippen LogP contribution in [-0.2, 0) is 0 Å². The zero-order chi connectivity index (χ0) is 13.9. The molecule has 1 aliphatic rings. The Bertz CT molecular complexity index is 401. The molecule has 1 aliphatic carbocycles. The van der Waals surface area contributed by atoms with Crippen molar-refractivity contribution in [2.75, 3.05) is 13.2 Å². The lowest BCUT2D eigenvalue weighted by Gasteiger charge is -2.43. The maximum absolute atomic E-state index is 9.44. The molecule has 106 valence electrons. The highest BCUT2D eigenvalue weighted by Crippen LogP contribution is 2.38. The fraction of sp³-hybridized carbons (Fsp3) is 0.625. The van der Waals surface area contributed by atoms with Crippen molar-refractivity contribution in [1.82, 2.24) is 5.32 Å². The molecule has 1 aromatic carbocycles. The first kappa shape index (κ1) is 14.5. The van der Waals surface area contributed by atoms with Crippen LogP contribution in [0.2, 0.25) is 0 Å². The molecule has 1 saturated carbocycles. The highest BCUT2D eigenvalue weighted by molar-refractivity contribution is 5.27. The van der Waals surface area contributed by atoms with Crippen LogP contribution in [0, 0.1) is 6.92 Å². The van der Waals surface area contributed by atoms with Gasteiger partial charge in [-0.05, 0) is 37.7 Å². The Morgan fingerprint density at radius 3 is 2.47 bits per heavy atom. The van der Waals surface area contributed by atoms with Gasteiger partial charge in [-0.3, -0.25) is 0 Å². The summed E-state index contributed by atoms with van der Waals surface area (Å²) < 4.78 is 0. The number of aliphatic hydroxyl groups is 2. The quantitative estimate of drug-likeness (QED) is 0.735. The first-order valence-electron chi connectivity index (χ1n) is 7.18. The first-order valence-corrected chi connectivity index (χ1v) is 7.18. The monoisotopic (exact) mass is 263 g/mol. The summed E-state index contributed by atoms with van der Waals surface area (Å²) in [4.78, 5) is 0. The Balaban J connectivity index is 1.89. The van der Waals surface area contributed by atoms with Crippen LogP contribution < -0.4 is 5.32 Å². The molecule has 1 aromatic rings. The molecule has 3 N–H and O–H groups in total. The molecule has 19 heavy (non-hydrogen) atoms. The molecule has 0 aromatic heterocycles. The minimum atomic E-state index is -0.512. The summed E-state index contributed by atoms with van der Waals surface area (Å²) in [5.74, 6) is 0.615. The smallest absolute Gasteiger partial charge is 0.0647 e. The Morgan fingerprint density at radius 2 is 1.95 bits per heavy atom. The lowest BCUT2D eigenvalue weighted by molar-refractivity contribution is 0.0627. The molecular weight excluding hydrogens is 238 g/mol. The molecule has 0 heterocycles. The summed E-state index contributed by atoms with van der Waals surface area (Å²) in [5.41, 5.74) is 2.21. The highest BCUT2D eigenvalue weighted by Gasteiger charge is 2.36. The lowest BCUT2D eigenvalue weighted by Crippen LogP contribution is -2.58. The Morgan fingerprint density at radius 1 is 1.26 bits per heavy atom. The molecule has 0 amide bonds. The van der Waals surface area contributed by atoms with Crippen LogP contribution in [0.1, 0.15) is 43.2 Å². The van der Waals surface area contributed by atoms with Crippen molar-refractivity contribution in [1.29, 1.82) is 0 Å². The number of rotatable bonds is 6. The Labute approximate surface area is 115 Å². The Hall–Kier alpha value is -0.900. The summed E-state index contributed by atoms with van der Waals surface area (Å²) in [6.07, 6.45) is 2.92. The topological polar surface area (TPSA) is 52.5 Å². The normalized spacial score (nSPS) is 23.2. The van der Waals surface area contributed by atoms with Crippen molar-refractivity contribution in [3.05, 3.63) is 35.4 Å². The predicted octanol–water partition coefficient (Wildman–Crippen LogP) is 1.96. The summed E-state index contributed by atoms with van der Waals surface area (Å²) in [6, 6.07) is 9.09. The SMILES string of the molecule is CCC(CO)(CO)NC1CC(c2cccc(C)c2)C1. The summed E-state index contributed by atoms with van der Waals surface area (Å²) in [6.45, 7) is 4.10. The van der Waals surface area contributed by atoms with Crippen LogP contribution in [0.5, 0.6) is 0 Å². The zero-order valence-electron chi connectivity index (χ0n) is 11.9. The van der Waals surface area contributed by atoms with E-state index in [2.05, 4.69) is 36.5 Å². The number of aliphatic hydroxyl groups excluding tert-OH is 2. The van der Waals surface area contributed by atoms with E-state index in [4.69, 9.17) is 0 Å². The molecule has 2 rings (SSSR count).